The number of carbonyl (C=O) groups is 1. The van der Waals surface area contributed by atoms with Gasteiger partial charge in [-0.15, -0.1) is 0 Å². The van der Waals surface area contributed by atoms with Crippen molar-refractivity contribution in [1.82, 2.24) is 25.7 Å². The number of amidine groups is 1. The van der Waals surface area contributed by atoms with Crippen LogP contribution < -0.4 is 21.7 Å². The number of aliphatic imine (C=N–C) groups is 1. The second-order valence-electron chi connectivity index (χ2n) is 6.88. The minimum atomic E-state index is -0.0758. The van der Waals surface area contributed by atoms with Gasteiger partial charge in [0.05, 0.1) is 0 Å². The van der Waals surface area contributed by atoms with Crippen molar-refractivity contribution in [2.75, 3.05) is 6.54 Å². The Balaban J connectivity index is 2.35. The predicted molar refractivity (Wildman–Crippen MR) is 132 cm³/mol. The fourth-order valence-corrected chi connectivity index (χ4v) is 3.37. The lowest BCUT2D eigenvalue weighted by molar-refractivity contribution is 0.0939. The van der Waals surface area contributed by atoms with Gasteiger partial charge in [-0.25, -0.2) is 15.4 Å². The summed E-state index contributed by atoms with van der Waals surface area (Å²) >= 11 is 1.45. The molecule has 8 nitrogen and oxygen atoms in total. The van der Waals surface area contributed by atoms with Crippen LogP contribution in [0.3, 0.4) is 0 Å². The normalized spacial score (nSPS) is 12.9. The molecule has 9 heteroatoms. The Morgan fingerprint density at radius 2 is 2.00 bits per heavy atom. The Morgan fingerprint density at radius 1 is 1.28 bits per heavy atom. The second-order valence-corrected chi connectivity index (χ2v) is 7.97. The molecule has 0 fully saturated rings. The van der Waals surface area contributed by atoms with Crippen LogP contribution >= 0.6 is 11.8 Å². The highest BCUT2D eigenvalue weighted by molar-refractivity contribution is 7.99. The van der Waals surface area contributed by atoms with Crippen LogP contribution in [-0.4, -0.2) is 33.9 Å². The van der Waals surface area contributed by atoms with Crippen LogP contribution in [0.4, 0.5) is 5.95 Å². The molecule has 2 rings (SSSR count). The summed E-state index contributed by atoms with van der Waals surface area (Å²) in [6, 6.07) is 9.40. The topological polar surface area (TPSA) is 95.7 Å². The van der Waals surface area contributed by atoms with Crippen molar-refractivity contribution in [2.24, 2.45) is 9.98 Å². The number of benzene rings is 1. The van der Waals surface area contributed by atoms with Crippen LogP contribution in [0, 0.1) is 0 Å². The predicted octanol–water partition coefficient (Wildman–Crippen LogP) is 3.87. The lowest BCUT2D eigenvalue weighted by Gasteiger charge is -2.12. The fourth-order valence-electron chi connectivity index (χ4n) is 2.57. The second kappa shape index (κ2) is 12.6. The molecule has 1 amide bonds. The molecule has 0 saturated carbocycles. The first kappa shape index (κ1) is 25.1. The Morgan fingerprint density at radius 3 is 2.59 bits per heavy atom. The van der Waals surface area contributed by atoms with Gasteiger partial charge in [0.2, 0.25) is 5.95 Å². The summed E-state index contributed by atoms with van der Waals surface area (Å²) in [7, 11) is 0. The molecule has 1 heterocycles. The third-order valence-electron chi connectivity index (χ3n) is 4.37. The number of aromatic nitrogens is 2. The monoisotopic (exact) mass is 453 g/mol. The molecule has 0 aliphatic carbocycles. The molecule has 1 unspecified atom stereocenters. The molecule has 1 aromatic carbocycles. The zero-order chi connectivity index (χ0) is 23.5. The van der Waals surface area contributed by atoms with Crippen molar-refractivity contribution in [2.45, 2.75) is 50.1 Å². The first-order valence-corrected chi connectivity index (χ1v) is 11.3. The molecule has 3 N–H and O–H groups in total. The lowest BCUT2D eigenvalue weighted by Crippen LogP contribution is -2.35. The van der Waals surface area contributed by atoms with Gasteiger partial charge in [-0.05, 0) is 44.5 Å². The molecule has 0 aliphatic rings. The Hall–Kier alpha value is -3.17. The number of hydrogen-bond donors (Lipinski definition) is 3. The van der Waals surface area contributed by atoms with E-state index in [0.717, 1.165) is 17.9 Å². The molecule has 0 radical (unpaired) electrons. The van der Waals surface area contributed by atoms with Gasteiger partial charge >= 0.3 is 0 Å². The highest BCUT2D eigenvalue weighted by Gasteiger charge is 2.10. The van der Waals surface area contributed by atoms with Crippen molar-refractivity contribution in [3.63, 3.8) is 0 Å². The smallest absolute Gasteiger partial charge is 0.251 e. The van der Waals surface area contributed by atoms with Crippen LogP contribution in [0.2, 0.25) is 0 Å². The Labute approximate surface area is 193 Å². The van der Waals surface area contributed by atoms with E-state index in [1.807, 2.05) is 58.0 Å². The van der Waals surface area contributed by atoms with Gasteiger partial charge in [-0.3, -0.25) is 9.36 Å². The number of nitrogens with one attached hydrogen (secondary N) is 3. The third-order valence-corrected chi connectivity index (χ3v) is 5.30. The summed E-state index contributed by atoms with van der Waals surface area (Å²) in [4.78, 5) is 26.8. The summed E-state index contributed by atoms with van der Waals surface area (Å²) in [5, 5.41) is 3.68. The number of hydrogen-bond acceptors (Lipinski definition) is 6. The first-order valence-electron chi connectivity index (χ1n) is 10.5. The summed E-state index contributed by atoms with van der Waals surface area (Å²) < 4.78 is 1.69. The van der Waals surface area contributed by atoms with Crippen molar-refractivity contribution >= 4 is 35.7 Å². The van der Waals surface area contributed by atoms with Gasteiger partial charge < -0.3 is 10.7 Å². The first-order chi connectivity index (χ1) is 15.4. The number of nitrogens with zero attached hydrogens (tertiary/aromatic N) is 4. The van der Waals surface area contributed by atoms with E-state index in [9.17, 15) is 4.79 Å². The van der Waals surface area contributed by atoms with E-state index in [1.165, 1.54) is 18.0 Å². The lowest BCUT2D eigenvalue weighted by atomic mass is 10.2. The summed E-state index contributed by atoms with van der Waals surface area (Å²) in [6.45, 7) is 16.1. The molecule has 2 aromatic rings. The molecule has 1 atom stereocenters. The summed E-state index contributed by atoms with van der Waals surface area (Å²) in [5.74, 6) is 1.00. The quantitative estimate of drug-likeness (QED) is 0.220. The Kier molecular flexibility index (Phi) is 9.90. The molecule has 32 heavy (non-hydrogen) atoms. The maximum atomic E-state index is 12.3. The molecule has 170 valence electrons. The zero-order valence-electron chi connectivity index (χ0n) is 19.1. The maximum absolute atomic E-state index is 12.3. The Bertz CT molecular complexity index is 1040. The SMILES string of the molecule is C=CN=c1cc(Sc2ccc(C(=O)NC(C)CC)cc2)nc(/N=C(\C)NNCC)n1C=C. The highest BCUT2D eigenvalue weighted by Crippen LogP contribution is 2.27. The van der Waals surface area contributed by atoms with Gasteiger partial charge in [-0.2, -0.15) is 4.99 Å². The zero-order valence-corrected chi connectivity index (χ0v) is 19.9. The minimum absolute atomic E-state index is 0.0758. The largest absolute Gasteiger partial charge is 0.350 e. The van der Waals surface area contributed by atoms with Crippen molar-refractivity contribution in [1.29, 1.82) is 0 Å². The van der Waals surface area contributed by atoms with E-state index in [-0.39, 0.29) is 11.9 Å². The third kappa shape index (κ3) is 7.21. The molecule has 0 spiro atoms. The van der Waals surface area contributed by atoms with Gasteiger partial charge in [0, 0.05) is 41.5 Å². The van der Waals surface area contributed by atoms with Crippen molar-refractivity contribution < 1.29 is 4.79 Å². The minimum Gasteiger partial charge on any atom is -0.350 e. The average molecular weight is 454 g/mol. The van der Waals surface area contributed by atoms with Gasteiger partial charge in [0.25, 0.3) is 5.91 Å². The standard InChI is InChI=1S/C23H31N7OS/c1-7-16(5)26-22(31)18-11-13-19(14-12-18)32-21-15-20(24-8-2)30(10-4)23(28-21)27-17(6)29-25-9-3/h8,10-16,25H,2,4,7,9H2,1,3,5-6H3,(H,26,31)(H,27,28,29). The van der Waals surface area contributed by atoms with E-state index >= 15 is 0 Å². The summed E-state index contributed by atoms with van der Waals surface area (Å²) in [6.07, 6.45) is 3.95. The molecule has 0 bridgehead atoms. The van der Waals surface area contributed by atoms with Crippen molar-refractivity contribution in [3.8, 4) is 0 Å². The molecule has 0 aliphatic heterocycles. The van der Waals surface area contributed by atoms with E-state index < -0.39 is 0 Å². The van der Waals surface area contributed by atoms with Crippen LogP contribution in [-0.2, 0) is 0 Å². The van der Waals surface area contributed by atoms with E-state index in [2.05, 4.69) is 44.3 Å². The molecule has 1 aromatic heterocycles. The van der Waals surface area contributed by atoms with E-state index in [1.54, 1.807) is 10.8 Å². The number of rotatable bonds is 10. The van der Waals surface area contributed by atoms with Crippen molar-refractivity contribution in [3.05, 3.63) is 60.7 Å². The number of amides is 1. The average Bonchev–Trinajstić information content (AvgIpc) is 2.78. The maximum Gasteiger partial charge on any atom is 0.251 e. The van der Waals surface area contributed by atoms with Gasteiger partial charge in [0.15, 0.2) is 0 Å². The number of carbonyl (C=O) groups excluding carboxylic acids is 1. The van der Waals surface area contributed by atoms with E-state index in [0.29, 0.717) is 27.9 Å². The van der Waals surface area contributed by atoms with Crippen LogP contribution in [0.25, 0.3) is 6.20 Å². The van der Waals surface area contributed by atoms with Crippen LogP contribution in [0.1, 0.15) is 44.5 Å². The van der Waals surface area contributed by atoms with Gasteiger partial charge in [-0.1, -0.05) is 38.8 Å². The fraction of sp³-hybridized carbons (Fsp3) is 0.304. The van der Waals surface area contributed by atoms with Crippen LogP contribution in [0.5, 0.6) is 0 Å². The number of hydrazine groups is 1. The molecule has 0 saturated heterocycles. The molecular formula is C23H31N7OS. The van der Waals surface area contributed by atoms with Gasteiger partial charge in [0.1, 0.15) is 16.3 Å². The summed E-state index contributed by atoms with van der Waals surface area (Å²) in [5.41, 5.74) is 7.24. The highest BCUT2D eigenvalue weighted by atomic mass is 32.2. The molecular weight excluding hydrogens is 422 g/mol. The van der Waals surface area contributed by atoms with Crippen LogP contribution in [0.15, 0.2) is 69.6 Å². The van der Waals surface area contributed by atoms with E-state index in [4.69, 9.17) is 0 Å².